The van der Waals surface area contributed by atoms with Crippen molar-refractivity contribution in [3.8, 4) is 0 Å². The van der Waals surface area contributed by atoms with Gasteiger partial charge in [0.25, 0.3) is 0 Å². The van der Waals surface area contributed by atoms with Crippen molar-refractivity contribution >= 4 is 23.4 Å². The second kappa shape index (κ2) is 7.13. The van der Waals surface area contributed by atoms with Crippen molar-refractivity contribution < 1.29 is 14.4 Å². The van der Waals surface area contributed by atoms with Gasteiger partial charge in [-0.3, -0.25) is 24.2 Å². The monoisotopic (exact) mass is 331 g/mol. The molecule has 2 rings (SSSR count). The summed E-state index contributed by atoms with van der Waals surface area (Å²) >= 11 is 0. The molecule has 1 fully saturated rings. The molecular weight excluding hydrogens is 306 g/mol. The summed E-state index contributed by atoms with van der Waals surface area (Å²) in [4.78, 5) is 39.2. The first kappa shape index (κ1) is 18.1. The number of anilines is 1. The standard InChI is InChI=1S/C18H25N3O3/c1-6-21-16(23)9-14(18(21)24)20(5)10-15(22)19-17-12(3)7-11(2)8-13(17)4/h7-8,14H,6,9-10H2,1-5H3,(H,19,22). The van der Waals surface area contributed by atoms with Crippen LogP contribution in [-0.4, -0.2) is 53.7 Å². The van der Waals surface area contributed by atoms with Gasteiger partial charge >= 0.3 is 0 Å². The zero-order valence-electron chi connectivity index (χ0n) is 15.0. The van der Waals surface area contributed by atoms with Gasteiger partial charge < -0.3 is 5.32 Å². The van der Waals surface area contributed by atoms with Gasteiger partial charge in [0, 0.05) is 12.2 Å². The number of nitrogens with zero attached hydrogens (tertiary/aromatic N) is 2. The van der Waals surface area contributed by atoms with Gasteiger partial charge in [0.15, 0.2) is 0 Å². The topological polar surface area (TPSA) is 69.7 Å². The van der Waals surface area contributed by atoms with Gasteiger partial charge in [0.05, 0.1) is 19.0 Å². The Morgan fingerprint density at radius 2 is 1.83 bits per heavy atom. The molecule has 3 amide bonds. The third-order valence-corrected chi connectivity index (χ3v) is 4.40. The van der Waals surface area contributed by atoms with E-state index in [0.29, 0.717) is 6.54 Å². The highest BCUT2D eigenvalue weighted by molar-refractivity contribution is 6.05. The van der Waals surface area contributed by atoms with Gasteiger partial charge in [0.1, 0.15) is 0 Å². The summed E-state index contributed by atoms with van der Waals surface area (Å²) in [6.07, 6.45) is 0.138. The van der Waals surface area contributed by atoms with Crippen LogP contribution in [0.4, 0.5) is 5.69 Å². The van der Waals surface area contributed by atoms with Crippen molar-refractivity contribution in [3.05, 3.63) is 28.8 Å². The molecule has 1 N–H and O–H groups in total. The molecule has 1 aliphatic rings. The quantitative estimate of drug-likeness (QED) is 0.833. The van der Waals surface area contributed by atoms with Crippen molar-refractivity contribution in [1.82, 2.24) is 9.80 Å². The summed E-state index contributed by atoms with van der Waals surface area (Å²) in [6.45, 7) is 8.13. The predicted octanol–water partition coefficient (Wildman–Crippen LogP) is 1.63. The van der Waals surface area contributed by atoms with Crippen LogP contribution >= 0.6 is 0 Å². The van der Waals surface area contributed by atoms with Crippen molar-refractivity contribution in [1.29, 1.82) is 0 Å². The Hall–Kier alpha value is -2.21. The smallest absolute Gasteiger partial charge is 0.247 e. The molecule has 1 unspecified atom stereocenters. The molecule has 0 spiro atoms. The molecule has 6 heteroatoms. The van der Waals surface area contributed by atoms with Gasteiger partial charge in [-0.25, -0.2) is 0 Å². The largest absolute Gasteiger partial charge is 0.324 e. The van der Waals surface area contributed by atoms with E-state index in [1.807, 2.05) is 32.9 Å². The number of carbonyl (C=O) groups is 3. The second-order valence-corrected chi connectivity index (χ2v) is 6.43. The Morgan fingerprint density at radius 1 is 1.25 bits per heavy atom. The first-order chi connectivity index (χ1) is 11.2. The van der Waals surface area contributed by atoms with Crippen LogP contribution in [0.3, 0.4) is 0 Å². The number of imide groups is 1. The highest BCUT2D eigenvalue weighted by Crippen LogP contribution is 2.22. The molecule has 1 aromatic rings. The van der Waals surface area contributed by atoms with Crippen molar-refractivity contribution in [2.45, 2.75) is 40.2 Å². The van der Waals surface area contributed by atoms with Crippen molar-refractivity contribution in [3.63, 3.8) is 0 Å². The Labute approximate surface area is 142 Å². The first-order valence-electron chi connectivity index (χ1n) is 8.16. The summed E-state index contributed by atoms with van der Waals surface area (Å²) < 4.78 is 0. The van der Waals surface area contributed by atoms with E-state index in [0.717, 1.165) is 22.4 Å². The van der Waals surface area contributed by atoms with E-state index < -0.39 is 6.04 Å². The van der Waals surface area contributed by atoms with Crippen LogP contribution in [-0.2, 0) is 14.4 Å². The van der Waals surface area contributed by atoms with E-state index in [9.17, 15) is 14.4 Å². The number of rotatable bonds is 5. The Balaban J connectivity index is 2.03. The normalized spacial score (nSPS) is 17.8. The molecule has 0 aliphatic carbocycles. The summed E-state index contributed by atoms with van der Waals surface area (Å²) in [6, 6.07) is 3.48. The molecule has 130 valence electrons. The van der Waals surface area contributed by atoms with Gasteiger partial charge in [-0.05, 0) is 45.9 Å². The van der Waals surface area contributed by atoms with Gasteiger partial charge in [0.2, 0.25) is 17.7 Å². The maximum absolute atomic E-state index is 12.3. The van der Waals surface area contributed by atoms with E-state index in [1.165, 1.54) is 4.90 Å². The zero-order chi connectivity index (χ0) is 18.0. The van der Waals surface area contributed by atoms with Crippen LogP contribution in [0.1, 0.15) is 30.0 Å². The fourth-order valence-corrected chi connectivity index (χ4v) is 3.24. The van der Waals surface area contributed by atoms with Crippen LogP contribution in [0.5, 0.6) is 0 Å². The third kappa shape index (κ3) is 3.64. The van der Waals surface area contributed by atoms with E-state index in [4.69, 9.17) is 0 Å². The highest BCUT2D eigenvalue weighted by atomic mass is 16.2. The minimum atomic E-state index is -0.552. The second-order valence-electron chi connectivity index (χ2n) is 6.43. The number of nitrogens with one attached hydrogen (secondary N) is 1. The molecule has 6 nitrogen and oxygen atoms in total. The van der Waals surface area contributed by atoms with Crippen LogP contribution in [0, 0.1) is 20.8 Å². The summed E-state index contributed by atoms with van der Waals surface area (Å²) in [5, 5.41) is 2.92. The van der Waals surface area contributed by atoms with Crippen LogP contribution in [0.15, 0.2) is 12.1 Å². The van der Waals surface area contributed by atoms with E-state index in [2.05, 4.69) is 5.32 Å². The Morgan fingerprint density at radius 3 is 2.33 bits per heavy atom. The molecule has 0 bridgehead atoms. The summed E-state index contributed by atoms with van der Waals surface area (Å²) in [5.74, 6) is -0.590. The fourth-order valence-electron chi connectivity index (χ4n) is 3.24. The Kier molecular flexibility index (Phi) is 5.39. The fraction of sp³-hybridized carbons (Fsp3) is 0.500. The molecule has 1 heterocycles. The molecule has 0 saturated carbocycles. The van der Waals surface area contributed by atoms with Crippen LogP contribution in [0.25, 0.3) is 0 Å². The van der Waals surface area contributed by atoms with Crippen LogP contribution < -0.4 is 5.32 Å². The number of hydrogen-bond acceptors (Lipinski definition) is 4. The lowest BCUT2D eigenvalue weighted by Crippen LogP contribution is -2.43. The number of benzene rings is 1. The maximum atomic E-state index is 12.3. The number of amides is 3. The van der Waals surface area contributed by atoms with Gasteiger partial charge in [-0.15, -0.1) is 0 Å². The van der Waals surface area contributed by atoms with Gasteiger partial charge in [-0.2, -0.15) is 0 Å². The molecule has 1 saturated heterocycles. The molecule has 24 heavy (non-hydrogen) atoms. The molecule has 0 radical (unpaired) electrons. The number of aryl methyl sites for hydroxylation is 3. The number of likely N-dealkylation sites (tertiary alicyclic amines) is 1. The van der Waals surface area contributed by atoms with E-state index in [-0.39, 0.29) is 30.7 Å². The minimum absolute atomic E-state index is 0.0635. The lowest BCUT2D eigenvalue weighted by Gasteiger charge is -2.22. The predicted molar refractivity (Wildman–Crippen MR) is 92.7 cm³/mol. The SMILES string of the molecule is CCN1C(=O)CC(N(C)CC(=O)Nc2c(C)cc(C)cc2C)C1=O. The zero-order valence-corrected chi connectivity index (χ0v) is 15.0. The van der Waals surface area contributed by atoms with Crippen molar-refractivity contribution in [2.24, 2.45) is 0 Å². The third-order valence-electron chi connectivity index (χ3n) is 4.40. The van der Waals surface area contributed by atoms with Crippen LogP contribution in [0.2, 0.25) is 0 Å². The first-order valence-corrected chi connectivity index (χ1v) is 8.16. The lowest BCUT2D eigenvalue weighted by atomic mass is 10.1. The summed E-state index contributed by atoms with van der Waals surface area (Å²) in [7, 11) is 1.70. The number of likely N-dealkylation sites (N-methyl/N-ethyl adjacent to an activating group) is 2. The molecule has 1 atom stereocenters. The molecule has 1 aromatic carbocycles. The van der Waals surface area contributed by atoms with E-state index in [1.54, 1.807) is 18.9 Å². The highest BCUT2D eigenvalue weighted by Gasteiger charge is 2.40. The molecule has 1 aliphatic heterocycles. The molecular formula is C18H25N3O3. The minimum Gasteiger partial charge on any atom is -0.324 e. The number of hydrogen-bond donors (Lipinski definition) is 1. The maximum Gasteiger partial charge on any atom is 0.247 e. The Bertz CT molecular complexity index is 661. The average Bonchev–Trinajstić information content (AvgIpc) is 2.77. The lowest BCUT2D eigenvalue weighted by molar-refractivity contribution is -0.139. The molecule has 0 aromatic heterocycles. The average molecular weight is 331 g/mol. The number of carbonyl (C=O) groups excluding carboxylic acids is 3. The van der Waals surface area contributed by atoms with Crippen molar-refractivity contribution in [2.75, 3.05) is 25.5 Å². The van der Waals surface area contributed by atoms with Gasteiger partial charge in [-0.1, -0.05) is 17.7 Å². The van der Waals surface area contributed by atoms with E-state index >= 15 is 0 Å². The summed E-state index contributed by atoms with van der Waals surface area (Å²) in [5.41, 5.74) is 3.97.